The summed E-state index contributed by atoms with van der Waals surface area (Å²) in [7, 11) is -3.46. The van der Waals surface area contributed by atoms with Crippen LogP contribution >= 0.6 is 11.8 Å². The molecule has 0 aliphatic carbocycles. The molecule has 1 aliphatic rings. The fraction of sp³-hybridized carbons (Fsp3) is 0.600. The van der Waals surface area contributed by atoms with Crippen molar-refractivity contribution >= 4 is 27.8 Å². The summed E-state index contributed by atoms with van der Waals surface area (Å²) >= 11 is 1.23. The number of sulfonamides is 1. The first kappa shape index (κ1) is 18.2. The number of rotatable bonds is 6. The van der Waals surface area contributed by atoms with Gasteiger partial charge in [0.2, 0.25) is 10.0 Å². The SMILES string of the molecule is CC(C)OC(=O)CSc1ccc(S(=O)(=O)N2CCCCC2)cn1. The van der Waals surface area contributed by atoms with Gasteiger partial charge in [0.05, 0.1) is 16.9 Å². The van der Waals surface area contributed by atoms with Crippen LogP contribution in [0.2, 0.25) is 0 Å². The second kappa shape index (κ2) is 8.12. The lowest BCUT2D eigenvalue weighted by Crippen LogP contribution is -2.35. The van der Waals surface area contributed by atoms with Crippen LogP contribution < -0.4 is 0 Å². The van der Waals surface area contributed by atoms with Crippen molar-refractivity contribution in [1.82, 2.24) is 9.29 Å². The van der Waals surface area contributed by atoms with Gasteiger partial charge in [-0.1, -0.05) is 18.2 Å². The van der Waals surface area contributed by atoms with Crippen LogP contribution in [0.4, 0.5) is 0 Å². The van der Waals surface area contributed by atoms with Crippen molar-refractivity contribution in [3.8, 4) is 0 Å². The van der Waals surface area contributed by atoms with Crippen LogP contribution in [0, 0.1) is 0 Å². The van der Waals surface area contributed by atoms with E-state index in [4.69, 9.17) is 4.74 Å². The molecule has 6 nitrogen and oxygen atoms in total. The number of carbonyl (C=O) groups is 1. The number of nitrogens with zero attached hydrogens (tertiary/aromatic N) is 2. The first-order valence-electron chi connectivity index (χ1n) is 7.68. The highest BCUT2D eigenvalue weighted by Crippen LogP contribution is 2.22. The van der Waals surface area contributed by atoms with Crippen molar-refractivity contribution in [2.45, 2.75) is 49.1 Å². The molecular weight excluding hydrogens is 336 g/mol. The molecule has 2 heterocycles. The predicted molar refractivity (Wildman–Crippen MR) is 88.8 cm³/mol. The van der Waals surface area contributed by atoms with Crippen LogP contribution in [-0.2, 0) is 19.6 Å². The lowest BCUT2D eigenvalue weighted by Gasteiger charge is -2.25. The van der Waals surface area contributed by atoms with Crippen molar-refractivity contribution in [3.63, 3.8) is 0 Å². The zero-order valence-corrected chi connectivity index (χ0v) is 15.0. The minimum absolute atomic E-state index is 0.145. The molecule has 0 radical (unpaired) electrons. The molecule has 0 amide bonds. The number of esters is 1. The van der Waals surface area contributed by atoms with Crippen molar-refractivity contribution < 1.29 is 17.9 Å². The largest absolute Gasteiger partial charge is 0.462 e. The number of ether oxygens (including phenoxy) is 1. The highest BCUT2D eigenvalue weighted by atomic mass is 32.2. The van der Waals surface area contributed by atoms with E-state index in [0.717, 1.165) is 19.3 Å². The summed E-state index contributed by atoms with van der Waals surface area (Å²) < 4.78 is 31.5. The summed E-state index contributed by atoms with van der Waals surface area (Å²) in [5.74, 6) is -0.152. The van der Waals surface area contributed by atoms with Gasteiger partial charge in [-0.15, -0.1) is 0 Å². The molecule has 0 unspecified atom stereocenters. The Morgan fingerprint density at radius 2 is 2.00 bits per heavy atom. The molecule has 1 fully saturated rings. The third-order valence-electron chi connectivity index (χ3n) is 3.37. The van der Waals surface area contributed by atoms with Crippen molar-refractivity contribution in [2.24, 2.45) is 0 Å². The molecule has 0 bridgehead atoms. The van der Waals surface area contributed by atoms with Gasteiger partial charge in [0.15, 0.2) is 0 Å². The Kier molecular flexibility index (Phi) is 6.43. The fourth-order valence-electron chi connectivity index (χ4n) is 2.29. The van der Waals surface area contributed by atoms with Gasteiger partial charge in [0.1, 0.15) is 4.90 Å². The van der Waals surface area contributed by atoms with Gasteiger partial charge in [-0.2, -0.15) is 4.31 Å². The normalized spacial score (nSPS) is 16.5. The van der Waals surface area contributed by atoms with E-state index in [2.05, 4.69) is 4.98 Å². The smallest absolute Gasteiger partial charge is 0.316 e. The molecule has 128 valence electrons. The molecule has 23 heavy (non-hydrogen) atoms. The highest BCUT2D eigenvalue weighted by Gasteiger charge is 2.26. The van der Waals surface area contributed by atoms with Crippen LogP contribution in [0.1, 0.15) is 33.1 Å². The number of carbonyl (C=O) groups excluding carboxylic acids is 1. The lowest BCUT2D eigenvalue weighted by molar-refractivity contribution is -0.144. The quantitative estimate of drug-likeness (QED) is 0.574. The third kappa shape index (κ3) is 5.19. The van der Waals surface area contributed by atoms with E-state index in [0.29, 0.717) is 18.1 Å². The van der Waals surface area contributed by atoms with E-state index < -0.39 is 10.0 Å². The number of thioether (sulfide) groups is 1. The first-order valence-corrected chi connectivity index (χ1v) is 10.1. The molecule has 0 spiro atoms. The molecule has 1 aromatic heterocycles. The number of piperidine rings is 1. The Balaban J connectivity index is 1.97. The fourth-order valence-corrected chi connectivity index (χ4v) is 4.38. The summed E-state index contributed by atoms with van der Waals surface area (Å²) in [5.41, 5.74) is 0. The average Bonchev–Trinajstić information content (AvgIpc) is 2.53. The molecule has 8 heteroatoms. The standard InChI is InChI=1S/C15H22N2O4S2/c1-12(2)21-15(18)11-22-14-7-6-13(10-16-14)23(19,20)17-8-4-3-5-9-17/h6-7,10,12H,3-5,8-9,11H2,1-2H3. The molecule has 2 rings (SSSR count). The maximum Gasteiger partial charge on any atom is 0.316 e. The van der Waals surface area contributed by atoms with Gasteiger partial charge in [-0.05, 0) is 38.8 Å². The van der Waals surface area contributed by atoms with E-state index >= 15 is 0 Å². The molecule has 0 aromatic carbocycles. The Hall–Kier alpha value is -1.12. The van der Waals surface area contributed by atoms with Crippen LogP contribution in [0.5, 0.6) is 0 Å². The Labute approximate surface area is 141 Å². The molecule has 1 saturated heterocycles. The lowest BCUT2D eigenvalue weighted by atomic mass is 10.2. The maximum atomic E-state index is 12.5. The summed E-state index contributed by atoms with van der Waals surface area (Å²) in [5, 5.41) is 0.600. The zero-order chi connectivity index (χ0) is 16.9. The molecule has 0 N–H and O–H groups in total. The molecular formula is C15H22N2O4S2. The van der Waals surface area contributed by atoms with Crippen LogP contribution in [0.25, 0.3) is 0 Å². The maximum absolute atomic E-state index is 12.5. The van der Waals surface area contributed by atoms with Crippen LogP contribution in [-0.4, -0.2) is 48.6 Å². The van der Waals surface area contributed by atoms with E-state index in [1.807, 2.05) is 0 Å². The monoisotopic (exact) mass is 358 g/mol. The van der Waals surface area contributed by atoms with Crippen molar-refractivity contribution in [3.05, 3.63) is 18.3 Å². The van der Waals surface area contributed by atoms with Crippen LogP contribution in [0.15, 0.2) is 28.3 Å². The van der Waals surface area contributed by atoms with Gasteiger partial charge < -0.3 is 4.74 Å². The number of hydrogen-bond acceptors (Lipinski definition) is 6. The average molecular weight is 358 g/mol. The van der Waals surface area contributed by atoms with Gasteiger partial charge in [0.25, 0.3) is 0 Å². The summed E-state index contributed by atoms with van der Waals surface area (Å²) in [6.45, 7) is 4.72. The highest BCUT2D eigenvalue weighted by molar-refractivity contribution is 7.99. The minimum atomic E-state index is -3.46. The Morgan fingerprint density at radius 1 is 1.30 bits per heavy atom. The second-order valence-corrected chi connectivity index (χ2v) is 8.56. The Morgan fingerprint density at radius 3 is 2.57 bits per heavy atom. The summed E-state index contributed by atoms with van der Waals surface area (Å²) in [4.78, 5) is 15.8. The van der Waals surface area contributed by atoms with E-state index in [9.17, 15) is 13.2 Å². The van der Waals surface area contributed by atoms with E-state index in [1.165, 1.54) is 22.3 Å². The summed E-state index contributed by atoms with van der Waals surface area (Å²) in [6.07, 6.45) is 4.09. The zero-order valence-electron chi connectivity index (χ0n) is 13.4. The number of aromatic nitrogens is 1. The molecule has 1 aliphatic heterocycles. The summed E-state index contributed by atoms with van der Waals surface area (Å²) in [6, 6.07) is 3.18. The molecule has 0 saturated carbocycles. The van der Waals surface area contributed by atoms with E-state index in [-0.39, 0.29) is 22.7 Å². The number of pyridine rings is 1. The molecule has 1 aromatic rings. The van der Waals surface area contributed by atoms with Crippen molar-refractivity contribution in [2.75, 3.05) is 18.8 Å². The van der Waals surface area contributed by atoms with Crippen molar-refractivity contribution in [1.29, 1.82) is 0 Å². The number of hydrogen-bond donors (Lipinski definition) is 0. The van der Waals surface area contributed by atoms with Gasteiger partial charge in [-0.25, -0.2) is 13.4 Å². The van der Waals surface area contributed by atoms with E-state index in [1.54, 1.807) is 26.0 Å². The topological polar surface area (TPSA) is 76.6 Å². The van der Waals surface area contributed by atoms with Crippen LogP contribution in [0.3, 0.4) is 0 Å². The van der Waals surface area contributed by atoms with Gasteiger partial charge in [-0.3, -0.25) is 4.79 Å². The molecule has 0 atom stereocenters. The van der Waals surface area contributed by atoms with Gasteiger partial charge in [0, 0.05) is 19.3 Å². The third-order valence-corrected chi connectivity index (χ3v) is 6.17. The minimum Gasteiger partial charge on any atom is -0.462 e. The predicted octanol–water partition coefficient (Wildman–Crippen LogP) is 2.30. The Bertz CT molecular complexity index is 623. The second-order valence-electron chi connectivity index (χ2n) is 5.62. The van der Waals surface area contributed by atoms with Gasteiger partial charge >= 0.3 is 5.97 Å². The first-order chi connectivity index (χ1) is 10.9.